The Hall–Kier alpha value is -1.66. The van der Waals surface area contributed by atoms with Gasteiger partial charge in [0.25, 0.3) is 5.69 Å². The number of benzene rings is 1. The maximum atomic E-state index is 10.9. The molecule has 7 heteroatoms. The third-order valence-electron chi connectivity index (χ3n) is 2.42. The molecule has 0 fully saturated rings. The molecule has 1 aromatic carbocycles. The van der Waals surface area contributed by atoms with Crippen molar-refractivity contribution in [3.63, 3.8) is 0 Å². The van der Waals surface area contributed by atoms with Gasteiger partial charge in [0.15, 0.2) is 0 Å². The van der Waals surface area contributed by atoms with Crippen LogP contribution in [0.5, 0.6) is 0 Å². The molecule has 1 heterocycles. The molecule has 0 aliphatic rings. The normalized spacial score (nSPS) is 12.1. The van der Waals surface area contributed by atoms with Gasteiger partial charge >= 0.3 is 0 Å². The predicted octanol–water partition coefficient (Wildman–Crippen LogP) is 3.88. The van der Waals surface area contributed by atoms with Gasteiger partial charge in [-0.05, 0) is 19.1 Å². The molecule has 0 saturated carbocycles. The molecule has 5 nitrogen and oxygen atoms in total. The topological polar surface area (TPSA) is 68.1 Å². The Morgan fingerprint density at radius 1 is 1.56 bits per heavy atom. The van der Waals surface area contributed by atoms with Crippen LogP contribution in [0.3, 0.4) is 0 Å². The molecule has 1 aromatic heterocycles. The van der Waals surface area contributed by atoms with Crippen molar-refractivity contribution < 1.29 is 4.92 Å². The molecule has 0 aliphatic carbocycles. The molecule has 0 amide bonds. The van der Waals surface area contributed by atoms with Crippen LogP contribution in [0.4, 0.5) is 11.4 Å². The third kappa shape index (κ3) is 2.77. The Labute approximate surface area is 113 Å². The highest BCUT2D eigenvalue weighted by molar-refractivity contribution is 7.07. The van der Waals surface area contributed by atoms with E-state index in [0.717, 1.165) is 5.69 Å². The minimum Gasteiger partial charge on any atom is -0.371 e. The van der Waals surface area contributed by atoms with Crippen LogP contribution in [0, 0.1) is 10.1 Å². The van der Waals surface area contributed by atoms with E-state index in [9.17, 15) is 10.1 Å². The van der Waals surface area contributed by atoms with E-state index in [1.54, 1.807) is 11.6 Å². The summed E-state index contributed by atoms with van der Waals surface area (Å²) in [5.74, 6) is 0. The van der Waals surface area contributed by atoms with E-state index in [-0.39, 0.29) is 11.7 Å². The van der Waals surface area contributed by atoms with Crippen molar-refractivity contribution in [3.05, 3.63) is 49.9 Å². The molecule has 2 rings (SSSR count). The largest absolute Gasteiger partial charge is 0.371 e. The van der Waals surface area contributed by atoms with E-state index in [1.165, 1.54) is 23.5 Å². The molecule has 0 bridgehead atoms. The lowest BCUT2D eigenvalue weighted by Gasteiger charge is -2.13. The second kappa shape index (κ2) is 5.32. The number of halogens is 1. The van der Waals surface area contributed by atoms with Gasteiger partial charge in [0, 0.05) is 16.5 Å². The van der Waals surface area contributed by atoms with E-state index in [1.807, 2.05) is 12.3 Å². The number of nitro groups is 1. The van der Waals surface area contributed by atoms with Gasteiger partial charge in [-0.3, -0.25) is 10.1 Å². The molecule has 1 N–H and O–H groups in total. The molecule has 1 unspecified atom stereocenters. The predicted molar refractivity (Wildman–Crippen MR) is 72.3 cm³/mol. The highest BCUT2D eigenvalue weighted by Gasteiger charge is 2.17. The standard InChI is InChI=1S/C11H10ClN3O2S/c1-7(10-5-18-6-13-10)14-9-4-8(12)2-3-11(9)15(16)17/h2-7,14H,1H3. The van der Waals surface area contributed by atoms with Gasteiger partial charge in [-0.25, -0.2) is 4.98 Å². The van der Waals surface area contributed by atoms with Crippen molar-refractivity contribution in [1.29, 1.82) is 0 Å². The van der Waals surface area contributed by atoms with Crippen LogP contribution in [0.25, 0.3) is 0 Å². The van der Waals surface area contributed by atoms with E-state index >= 15 is 0 Å². The summed E-state index contributed by atoms with van der Waals surface area (Å²) in [4.78, 5) is 14.6. The highest BCUT2D eigenvalue weighted by Crippen LogP contribution is 2.30. The fraction of sp³-hybridized carbons (Fsp3) is 0.182. The second-order valence-electron chi connectivity index (χ2n) is 3.70. The van der Waals surface area contributed by atoms with Gasteiger partial charge < -0.3 is 5.32 Å². The van der Waals surface area contributed by atoms with E-state index in [2.05, 4.69) is 10.3 Å². The van der Waals surface area contributed by atoms with Gasteiger partial charge in [0.2, 0.25) is 0 Å². The first-order chi connectivity index (χ1) is 8.58. The van der Waals surface area contributed by atoms with Crippen LogP contribution >= 0.6 is 22.9 Å². The van der Waals surface area contributed by atoms with E-state index in [4.69, 9.17) is 11.6 Å². The molecular weight excluding hydrogens is 274 g/mol. The molecule has 2 aromatic rings. The summed E-state index contributed by atoms with van der Waals surface area (Å²) >= 11 is 7.33. The molecule has 0 radical (unpaired) electrons. The first-order valence-corrected chi connectivity index (χ1v) is 6.48. The van der Waals surface area contributed by atoms with Crippen molar-refractivity contribution in [2.75, 3.05) is 5.32 Å². The Morgan fingerprint density at radius 2 is 2.33 bits per heavy atom. The smallest absolute Gasteiger partial charge is 0.292 e. The van der Waals surface area contributed by atoms with Crippen LogP contribution in [-0.4, -0.2) is 9.91 Å². The Balaban J connectivity index is 2.28. The summed E-state index contributed by atoms with van der Waals surface area (Å²) in [5, 5.41) is 16.3. The van der Waals surface area contributed by atoms with E-state index in [0.29, 0.717) is 10.7 Å². The molecular formula is C11H10ClN3O2S. The van der Waals surface area contributed by atoms with Crippen LogP contribution in [0.2, 0.25) is 5.02 Å². The number of nitro benzene ring substituents is 1. The lowest BCUT2D eigenvalue weighted by molar-refractivity contribution is -0.384. The number of nitrogens with one attached hydrogen (secondary N) is 1. The molecule has 0 spiro atoms. The maximum absolute atomic E-state index is 10.9. The quantitative estimate of drug-likeness (QED) is 0.683. The molecule has 94 valence electrons. The van der Waals surface area contributed by atoms with Crippen molar-refractivity contribution >= 4 is 34.3 Å². The summed E-state index contributed by atoms with van der Waals surface area (Å²) in [6.07, 6.45) is 0. The zero-order chi connectivity index (χ0) is 13.1. The van der Waals surface area contributed by atoms with Gasteiger partial charge in [0.1, 0.15) is 5.69 Å². The summed E-state index contributed by atoms with van der Waals surface area (Å²) in [5.41, 5.74) is 2.96. The van der Waals surface area contributed by atoms with Crippen LogP contribution < -0.4 is 5.32 Å². The van der Waals surface area contributed by atoms with E-state index < -0.39 is 4.92 Å². The lowest BCUT2D eigenvalue weighted by Crippen LogP contribution is -2.08. The fourth-order valence-electron chi connectivity index (χ4n) is 1.53. The Morgan fingerprint density at radius 3 is 2.94 bits per heavy atom. The van der Waals surface area contributed by atoms with Gasteiger partial charge in [0.05, 0.1) is 22.2 Å². The molecule has 18 heavy (non-hydrogen) atoms. The second-order valence-corrected chi connectivity index (χ2v) is 4.85. The number of thiazole rings is 1. The summed E-state index contributed by atoms with van der Waals surface area (Å²) in [6.45, 7) is 1.89. The first-order valence-electron chi connectivity index (χ1n) is 5.16. The Bertz CT molecular complexity index is 559. The number of nitrogens with zero attached hydrogens (tertiary/aromatic N) is 2. The summed E-state index contributed by atoms with van der Waals surface area (Å²) < 4.78 is 0. The van der Waals surface area contributed by atoms with Crippen LogP contribution in [0.15, 0.2) is 29.1 Å². The van der Waals surface area contributed by atoms with Crippen molar-refractivity contribution in [2.45, 2.75) is 13.0 Å². The third-order valence-corrected chi connectivity index (χ3v) is 3.26. The maximum Gasteiger partial charge on any atom is 0.292 e. The van der Waals surface area contributed by atoms with Gasteiger partial charge in [-0.2, -0.15) is 0 Å². The van der Waals surface area contributed by atoms with Crippen molar-refractivity contribution in [2.24, 2.45) is 0 Å². The lowest BCUT2D eigenvalue weighted by atomic mass is 10.2. The number of aromatic nitrogens is 1. The first kappa shape index (κ1) is 12.8. The zero-order valence-electron chi connectivity index (χ0n) is 9.46. The van der Waals surface area contributed by atoms with Gasteiger partial charge in [-0.1, -0.05) is 11.6 Å². The van der Waals surface area contributed by atoms with Crippen LogP contribution in [-0.2, 0) is 0 Å². The highest BCUT2D eigenvalue weighted by atomic mass is 35.5. The SMILES string of the molecule is CC(Nc1cc(Cl)ccc1[N+](=O)[O-])c1cscn1. The number of rotatable bonds is 4. The zero-order valence-corrected chi connectivity index (χ0v) is 11.0. The summed E-state index contributed by atoms with van der Waals surface area (Å²) in [7, 11) is 0. The molecule has 1 atom stereocenters. The minimum absolute atomic E-state index is 0.00137. The number of anilines is 1. The summed E-state index contributed by atoms with van der Waals surface area (Å²) in [6, 6.07) is 4.31. The average Bonchev–Trinajstić information content (AvgIpc) is 2.81. The Kier molecular flexibility index (Phi) is 3.78. The average molecular weight is 284 g/mol. The van der Waals surface area contributed by atoms with Crippen molar-refractivity contribution in [1.82, 2.24) is 4.98 Å². The minimum atomic E-state index is -0.438. The monoisotopic (exact) mass is 283 g/mol. The molecule has 0 saturated heterocycles. The molecule has 0 aliphatic heterocycles. The van der Waals surface area contributed by atoms with Gasteiger partial charge in [-0.15, -0.1) is 11.3 Å². The van der Waals surface area contributed by atoms with Crippen LogP contribution in [0.1, 0.15) is 18.7 Å². The number of hydrogen-bond donors (Lipinski definition) is 1. The fourth-order valence-corrected chi connectivity index (χ4v) is 2.35. The van der Waals surface area contributed by atoms with Crippen molar-refractivity contribution in [3.8, 4) is 0 Å². The number of hydrogen-bond acceptors (Lipinski definition) is 5.